The van der Waals surface area contributed by atoms with E-state index < -0.39 is 17.4 Å². The summed E-state index contributed by atoms with van der Waals surface area (Å²) < 4.78 is 0. The van der Waals surface area contributed by atoms with Crippen LogP contribution in [0.2, 0.25) is 0 Å². The fraction of sp³-hybridized carbons (Fsp3) is 0.361. The number of piperidine rings is 1. The van der Waals surface area contributed by atoms with Gasteiger partial charge in [0.25, 0.3) is 5.91 Å². The maximum absolute atomic E-state index is 14.0. The first-order valence-corrected chi connectivity index (χ1v) is 15.5. The number of hydrogen-bond donors (Lipinski definition) is 2. The third-order valence-electron chi connectivity index (χ3n) is 9.33. The Hall–Kier alpha value is -4.27. The predicted octanol–water partition coefficient (Wildman–Crippen LogP) is 4.47. The van der Waals surface area contributed by atoms with Gasteiger partial charge in [-0.05, 0) is 54.2 Å². The molecule has 0 bridgehead atoms. The molecule has 3 aromatic carbocycles. The summed E-state index contributed by atoms with van der Waals surface area (Å²) in [5.74, 6) is -1.03. The highest BCUT2D eigenvalue weighted by Crippen LogP contribution is 2.45. The first kappa shape index (κ1) is 29.8. The van der Waals surface area contributed by atoms with Crippen LogP contribution in [0.5, 0.6) is 0 Å². The molecule has 1 fully saturated rings. The molecule has 0 aromatic heterocycles. The second-order valence-electron chi connectivity index (χ2n) is 12.1. The van der Waals surface area contributed by atoms with Crippen LogP contribution in [0.3, 0.4) is 0 Å². The second-order valence-corrected chi connectivity index (χ2v) is 12.1. The summed E-state index contributed by atoms with van der Waals surface area (Å²) in [4.78, 5) is 44.9. The molecule has 3 atom stereocenters. The minimum Gasteiger partial charge on any atom is -0.394 e. The van der Waals surface area contributed by atoms with E-state index in [0.717, 1.165) is 35.2 Å². The summed E-state index contributed by atoms with van der Waals surface area (Å²) in [6.07, 6.45) is 6.58. The van der Waals surface area contributed by atoms with Gasteiger partial charge in [0.2, 0.25) is 11.8 Å². The van der Waals surface area contributed by atoms with E-state index in [9.17, 15) is 24.6 Å². The lowest BCUT2D eigenvalue weighted by molar-refractivity contribution is -0.139. The average Bonchev–Trinajstić information content (AvgIpc) is 3.27. The number of carbonyl (C=O) groups excluding carboxylic acids is 3. The van der Waals surface area contributed by atoms with Crippen LogP contribution < -0.4 is 9.80 Å². The van der Waals surface area contributed by atoms with Crippen LogP contribution in [0.25, 0.3) is 0 Å². The summed E-state index contributed by atoms with van der Waals surface area (Å²) >= 11 is 0. The van der Waals surface area contributed by atoms with E-state index in [2.05, 4.69) is 0 Å². The molecule has 44 heavy (non-hydrogen) atoms. The lowest BCUT2D eigenvalue weighted by atomic mass is 9.83. The van der Waals surface area contributed by atoms with Crippen molar-refractivity contribution in [2.45, 2.75) is 63.8 Å². The van der Waals surface area contributed by atoms with Crippen LogP contribution in [-0.2, 0) is 39.5 Å². The minimum atomic E-state index is -1.80. The number of para-hydroxylation sites is 1. The Labute approximate surface area is 258 Å². The average molecular weight is 594 g/mol. The van der Waals surface area contributed by atoms with E-state index in [4.69, 9.17) is 0 Å². The maximum Gasteiger partial charge on any atom is 0.264 e. The number of aliphatic hydroxyl groups is 2. The topological polar surface area (TPSA) is 101 Å². The third kappa shape index (κ3) is 5.44. The van der Waals surface area contributed by atoms with Crippen molar-refractivity contribution in [3.8, 4) is 0 Å². The number of carbonyl (C=O) groups is 3. The second kappa shape index (κ2) is 12.4. The lowest BCUT2D eigenvalue weighted by Crippen LogP contribution is -2.46. The van der Waals surface area contributed by atoms with Crippen molar-refractivity contribution in [1.82, 2.24) is 4.90 Å². The fourth-order valence-corrected chi connectivity index (χ4v) is 6.81. The number of nitrogens with zero attached hydrogens (tertiary/aromatic N) is 3. The summed E-state index contributed by atoms with van der Waals surface area (Å²) in [7, 11) is 0. The Kier molecular flexibility index (Phi) is 8.38. The standard InChI is InChI=1S/C36H39N3O5/c1-25(10-8-18-34(42)38-23-28-13-3-2-12-27(28)21-30(38)24-40)36(44)31-15-4-5-16-32(31)39(35(36)43)22-26-11-9-14-29(20-26)37-19-7-6-17-33(37)41/h2-5,8-16,20,25,30,40,44H,6-7,17-19,21-24H2,1H3/b10-8+/t25-,30-,36+/m0/s1. The molecule has 0 spiro atoms. The summed E-state index contributed by atoms with van der Waals surface area (Å²) in [6, 6.07) is 22.7. The molecule has 2 N–H and O–H groups in total. The molecule has 3 amide bonds. The van der Waals surface area contributed by atoms with Crippen molar-refractivity contribution in [3.63, 3.8) is 0 Å². The van der Waals surface area contributed by atoms with E-state index in [0.29, 0.717) is 37.2 Å². The smallest absolute Gasteiger partial charge is 0.264 e. The van der Waals surface area contributed by atoms with Gasteiger partial charge in [0, 0.05) is 43.1 Å². The number of anilines is 2. The van der Waals surface area contributed by atoms with Crippen molar-refractivity contribution in [3.05, 3.63) is 107 Å². The fourth-order valence-electron chi connectivity index (χ4n) is 6.81. The van der Waals surface area contributed by atoms with E-state index in [1.807, 2.05) is 71.6 Å². The highest BCUT2D eigenvalue weighted by Gasteiger charge is 2.52. The van der Waals surface area contributed by atoms with E-state index in [1.54, 1.807) is 34.9 Å². The van der Waals surface area contributed by atoms with Crippen molar-refractivity contribution >= 4 is 29.1 Å². The highest BCUT2D eigenvalue weighted by molar-refractivity contribution is 6.07. The monoisotopic (exact) mass is 593 g/mol. The van der Waals surface area contributed by atoms with Gasteiger partial charge in [0.15, 0.2) is 5.60 Å². The number of hydrogen-bond acceptors (Lipinski definition) is 5. The Bertz CT molecular complexity index is 1600. The molecular formula is C36H39N3O5. The molecule has 8 heteroatoms. The SMILES string of the molecule is C[C@@H](/C=C/CC(=O)N1Cc2ccccc2C[C@H]1CO)[C@]1(O)C(=O)N(Cc2cccc(N3CCCCC3=O)c2)c2ccccc21. The molecule has 0 unspecified atom stereocenters. The predicted molar refractivity (Wildman–Crippen MR) is 169 cm³/mol. The lowest BCUT2D eigenvalue weighted by Gasteiger charge is -2.36. The van der Waals surface area contributed by atoms with Crippen LogP contribution in [0.15, 0.2) is 84.9 Å². The van der Waals surface area contributed by atoms with Gasteiger partial charge in [0.1, 0.15) is 0 Å². The number of benzene rings is 3. The molecule has 0 radical (unpaired) electrons. The number of rotatable bonds is 8. The van der Waals surface area contributed by atoms with Gasteiger partial charge < -0.3 is 24.9 Å². The first-order valence-electron chi connectivity index (χ1n) is 15.5. The number of fused-ring (bicyclic) bond motifs is 2. The van der Waals surface area contributed by atoms with E-state index in [1.165, 1.54) is 0 Å². The van der Waals surface area contributed by atoms with Gasteiger partial charge in [-0.25, -0.2) is 0 Å². The largest absolute Gasteiger partial charge is 0.394 e. The Morgan fingerprint density at radius 1 is 1.02 bits per heavy atom. The molecule has 6 rings (SSSR count). The van der Waals surface area contributed by atoms with Gasteiger partial charge in [-0.2, -0.15) is 0 Å². The third-order valence-corrected chi connectivity index (χ3v) is 9.33. The zero-order chi connectivity index (χ0) is 30.8. The number of amides is 3. The van der Waals surface area contributed by atoms with Gasteiger partial charge >= 0.3 is 0 Å². The normalized spacial score (nSPS) is 22.3. The molecule has 228 valence electrons. The van der Waals surface area contributed by atoms with Crippen molar-refractivity contribution < 1.29 is 24.6 Å². The maximum atomic E-state index is 14.0. The van der Waals surface area contributed by atoms with Crippen LogP contribution >= 0.6 is 0 Å². The Morgan fingerprint density at radius 3 is 2.59 bits per heavy atom. The van der Waals surface area contributed by atoms with E-state index in [-0.39, 0.29) is 37.4 Å². The van der Waals surface area contributed by atoms with E-state index >= 15 is 0 Å². The zero-order valence-corrected chi connectivity index (χ0v) is 25.1. The Balaban J connectivity index is 1.18. The van der Waals surface area contributed by atoms with Crippen LogP contribution in [-0.4, -0.2) is 52.0 Å². The Morgan fingerprint density at radius 2 is 1.80 bits per heavy atom. The molecule has 8 nitrogen and oxygen atoms in total. The summed E-state index contributed by atoms with van der Waals surface area (Å²) in [5.41, 5.74) is 3.30. The van der Waals surface area contributed by atoms with Crippen molar-refractivity contribution in [2.75, 3.05) is 23.0 Å². The first-order chi connectivity index (χ1) is 21.3. The molecule has 3 aliphatic rings. The van der Waals surface area contributed by atoms with Crippen molar-refractivity contribution in [1.29, 1.82) is 0 Å². The molecule has 1 saturated heterocycles. The van der Waals surface area contributed by atoms with Crippen LogP contribution in [0, 0.1) is 5.92 Å². The van der Waals surface area contributed by atoms with Crippen LogP contribution in [0.1, 0.15) is 54.9 Å². The molecule has 0 saturated carbocycles. The number of aliphatic hydroxyl groups excluding tert-OH is 1. The van der Waals surface area contributed by atoms with Crippen LogP contribution in [0.4, 0.5) is 11.4 Å². The molecule has 3 heterocycles. The minimum absolute atomic E-state index is 0.0979. The quantitative estimate of drug-likeness (QED) is 0.376. The molecular weight excluding hydrogens is 554 g/mol. The highest BCUT2D eigenvalue weighted by atomic mass is 16.3. The summed E-state index contributed by atoms with van der Waals surface area (Å²) in [6.45, 7) is 3.06. The van der Waals surface area contributed by atoms with Gasteiger partial charge in [0.05, 0.1) is 24.9 Å². The van der Waals surface area contributed by atoms with Gasteiger partial charge in [-0.1, -0.05) is 73.7 Å². The molecule has 3 aliphatic heterocycles. The molecule has 3 aromatic rings. The molecule has 0 aliphatic carbocycles. The summed E-state index contributed by atoms with van der Waals surface area (Å²) in [5, 5.41) is 22.0. The van der Waals surface area contributed by atoms with Crippen molar-refractivity contribution in [2.24, 2.45) is 5.92 Å². The van der Waals surface area contributed by atoms with Gasteiger partial charge in [-0.15, -0.1) is 0 Å². The van der Waals surface area contributed by atoms with Gasteiger partial charge in [-0.3, -0.25) is 14.4 Å². The zero-order valence-electron chi connectivity index (χ0n) is 25.1.